The SMILES string of the molecule is Oc1c2c(c3c4c1N=CC=4CCN=3)[C@@]1(C=CC(O)C(Br)=C1)CCN2. The molecule has 1 unspecified atom stereocenters. The third-order valence-electron chi connectivity index (χ3n) is 5.30. The fourth-order valence-electron chi connectivity index (χ4n) is 4.17. The zero-order valence-corrected chi connectivity index (χ0v) is 14.5. The Hall–Kier alpha value is -1.92. The molecule has 6 heteroatoms. The molecule has 3 N–H and O–H groups in total. The first-order chi connectivity index (χ1) is 11.6. The number of aliphatic hydroxyl groups is 1. The van der Waals surface area contributed by atoms with Gasteiger partial charge >= 0.3 is 0 Å². The second kappa shape index (κ2) is 4.80. The van der Waals surface area contributed by atoms with E-state index in [0.29, 0.717) is 5.69 Å². The number of phenolic OH excluding ortho intramolecular Hbond substituents is 1. The fourth-order valence-corrected chi connectivity index (χ4v) is 4.73. The van der Waals surface area contributed by atoms with Gasteiger partial charge in [-0.3, -0.25) is 9.98 Å². The second-order valence-electron chi connectivity index (χ2n) is 6.64. The van der Waals surface area contributed by atoms with Crippen LogP contribution in [0.3, 0.4) is 0 Å². The predicted octanol–water partition coefficient (Wildman–Crippen LogP) is 1.54. The average molecular weight is 386 g/mol. The van der Waals surface area contributed by atoms with Crippen LogP contribution < -0.4 is 15.9 Å². The van der Waals surface area contributed by atoms with E-state index in [1.165, 1.54) is 0 Å². The number of nitrogens with one attached hydrogen (secondary N) is 1. The van der Waals surface area contributed by atoms with Gasteiger partial charge in [0.2, 0.25) is 0 Å². The van der Waals surface area contributed by atoms with E-state index in [1.807, 2.05) is 12.3 Å². The molecular formula is C18H16BrN3O2. The highest BCUT2D eigenvalue weighted by atomic mass is 79.9. The van der Waals surface area contributed by atoms with Gasteiger partial charge in [0.1, 0.15) is 11.8 Å². The van der Waals surface area contributed by atoms with Crippen LogP contribution in [0.4, 0.5) is 11.4 Å². The van der Waals surface area contributed by atoms with Crippen LogP contribution in [0.1, 0.15) is 18.4 Å². The molecule has 3 heterocycles. The molecule has 1 spiro atoms. The minimum absolute atomic E-state index is 0.204. The minimum atomic E-state index is -0.615. The normalized spacial score (nSPS) is 29.0. The number of hydrogen-bond donors (Lipinski definition) is 3. The largest absolute Gasteiger partial charge is 0.504 e. The van der Waals surface area contributed by atoms with Crippen LogP contribution in [0.2, 0.25) is 0 Å². The van der Waals surface area contributed by atoms with Gasteiger partial charge in [0, 0.05) is 40.0 Å². The van der Waals surface area contributed by atoms with Crippen LogP contribution in [0.25, 0.3) is 5.57 Å². The van der Waals surface area contributed by atoms with Crippen molar-refractivity contribution in [2.75, 3.05) is 18.4 Å². The Balaban J connectivity index is 1.92. The van der Waals surface area contributed by atoms with Crippen molar-refractivity contribution in [2.24, 2.45) is 9.98 Å². The highest BCUT2D eigenvalue weighted by Crippen LogP contribution is 2.47. The Morgan fingerprint density at radius 2 is 2.25 bits per heavy atom. The van der Waals surface area contributed by atoms with Gasteiger partial charge in [-0.1, -0.05) is 34.2 Å². The van der Waals surface area contributed by atoms with Gasteiger partial charge in [-0.15, -0.1) is 0 Å². The Morgan fingerprint density at radius 1 is 1.38 bits per heavy atom. The molecule has 1 aliphatic carbocycles. The topological polar surface area (TPSA) is 77.2 Å². The first-order valence-electron chi connectivity index (χ1n) is 8.11. The lowest BCUT2D eigenvalue weighted by Crippen LogP contribution is -2.44. The second-order valence-corrected chi connectivity index (χ2v) is 7.55. The Labute approximate surface area is 147 Å². The van der Waals surface area contributed by atoms with Crippen molar-refractivity contribution in [3.05, 3.63) is 38.8 Å². The minimum Gasteiger partial charge on any atom is -0.504 e. The number of aliphatic imine (C=N–C) groups is 1. The number of benzene rings is 1. The molecule has 1 aromatic carbocycles. The predicted molar refractivity (Wildman–Crippen MR) is 96.9 cm³/mol. The highest BCUT2D eigenvalue weighted by Gasteiger charge is 2.40. The van der Waals surface area contributed by atoms with Crippen molar-refractivity contribution >= 4 is 39.1 Å². The lowest BCUT2D eigenvalue weighted by atomic mass is 9.71. The molecule has 0 fully saturated rings. The van der Waals surface area contributed by atoms with E-state index < -0.39 is 6.10 Å². The molecule has 0 aromatic heterocycles. The summed E-state index contributed by atoms with van der Waals surface area (Å²) in [5.41, 5.74) is 3.12. The summed E-state index contributed by atoms with van der Waals surface area (Å²) in [6.07, 6.45) is 8.85. The maximum absolute atomic E-state index is 10.8. The van der Waals surface area contributed by atoms with Gasteiger partial charge in [0.05, 0.1) is 11.0 Å². The number of phenols is 1. The quantitative estimate of drug-likeness (QED) is 0.468. The summed E-state index contributed by atoms with van der Waals surface area (Å²) in [7, 11) is 0. The molecule has 2 atom stereocenters. The van der Waals surface area contributed by atoms with Gasteiger partial charge in [-0.25, -0.2) is 0 Å². The number of allylic oxidation sites excluding steroid dienone is 2. The van der Waals surface area contributed by atoms with E-state index in [0.717, 1.165) is 57.8 Å². The maximum atomic E-state index is 10.8. The smallest absolute Gasteiger partial charge is 0.165 e. The number of aromatic hydroxyl groups is 1. The lowest BCUT2D eigenvalue weighted by molar-refractivity contribution is 0.263. The van der Waals surface area contributed by atoms with E-state index >= 15 is 0 Å². The number of rotatable bonds is 0. The van der Waals surface area contributed by atoms with E-state index in [4.69, 9.17) is 4.99 Å². The van der Waals surface area contributed by atoms with Crippen LogP contribution >= 0.6 is 15.9 Å². The van der Waals surface area contributed by atoms with E-state index in [2.05, 4.69) is 32.3 Å². The van der Waals surface area contributed by atoms with Crippen LogP contribution in [-0.2, 0) is 5.41 Å². The molecule has 1 aromatic rings. The molecule has 24 heavy (non-hydrogen) atoms. The molecule has 0 radical (unpaired) electrons. The van der Waals surface area contributed by atoms with Gasteiger partial charge in [0.15, 0.2) is 5.75 Å². The van der Waals surface area contributed by atoms with E-state index in [9.17, 15) is 10.2 Å². The summed E-state index contributed by atoms with van der Waals surface area (Å²) < 4.78 is 0.751. The number of hydrogen-bond acceptors (Lipinski definition) is 5. The van der Waals surface area contributed by atoms with Crippen molar-refractivity contribution < 1.29 is 10.2 Å². The van der Waals surface area contributed by atoms with E-state index in [-0.39, 0.29) is 11.2 Å². The molecule has 0 saturated heterocycles. The molecule has 5 rings (SSSR count). The monoisotopic (exact) mass is 385 g/mol. The standard InChI is InChI=1S/C18H16BrN3O2/c19-10-7-18(3-1-11(10)23)4-6-21-16-13(18)14-12-9(2-5-20-14)8-22-15(12)17(16)24/h1,3,7-8,11,21,23-24H,2,4-6H2/t11?,18-/m0/s1. The summed E-state index contributed by atoms with van der Waals surface area (Å²) in [5.74, 6) is 0.204. The molecule has 3 aliphatic heterocycles. The Bertz CT molecular complexity index is 993. The molecule has 0 bridgehead atoms. The molecule has 5 nitrogen and oxygen atoms in total. The van der Waals surface area contributed by atoms with Crippen molar-refractivity contribution in [1.29, 1.82) is 0 Å². The summed E-state index contributed by atoms with van der Waals surface area (Å²) in [4.78, 5) is 9.23. The van der Waals surface area contributed by atoms with Crippen LogP contribution in [0.15, 0.2) is 32.7 Å². The van der Waals surface area contributed by atoms with Crippen LogP contribution in [0.5, 0.6) is 5.75 Å². The van der Waals surface area contributed by atoms with Gasteiger partial charge < -0.3 is 15.5 Å². The summed E-state index contributed by atoms with van der Waals surface area (Å²) in [6, 6.07) is 0. The van der Waals surface area contributed by atoms with Crippen LogP contribution in [0, 0.1) is 0 Å². The Kier molecular flexibility index (Phi) is 2.89. The van der Waals surface area contributed by atoms with Gasteiger partial charge in [-0.2, -0.15) is 0 Å². The zero-order chi connectivity index (χ0) is 16.5. The third kappa shape index (κ3) is 1.73. The number of fused-ring (bicyclic) bond motifs is 3. The van der Waals surface area contributed by atoms with E-state index in [1.54, 1.807) is 6.08 Å². The van der Waals surface area contributed by atoms with Crippen molar-refractivity contribution in [3.63, 3.8) is 0 Å². The van der Waals surface area contributed by atoms with Crippen LogP contribution in [-0.4, -0.2) is 35.6 Å². The summed E-state index contributed by atoms with van der Waals surface area (Å²) in [5, 5.41) is 26.1. The number of anilines is 1. The molecular weight excluding hydrogens is 370 g/mol. The highest BCUT2D eigenvalue weighted by molar-refractivity contribution is 9.11. The summed E-state index contributed by atoms with van der Waals surface area (Å²) >= 11 is 3.49. The van der Waals surface area contributed by atoms with Crippen molar-refractivity contribution in [3.8, 4) is 5.75 Å². The zero-order valence-electron chi connectivity index (χ0n) is 12.9. The number of halogens is 1. The molecule has 0 amide bonds. The number of aliphatic hydroxyl groups excluding tert-OH is 1. The van der Waals surface area contributed by atoms with Crippen molar-refractivity contribution in [2.45, 2.75) is 24.4 Å². The molecule has 122 valence electrons. The number of nitrogens with zero attached hydrogens (tertiary/aromatic N) is 2. The van der Waals surface area contributed by atoms with Gasteiger partial charge in [-0.05, 0) is 18.4 Å². The molecule has 0 saturated carbocycles. The summed E-state index contributed by atoms with van der Waals surface area (Å²) in [6.45, 7) is 1.47. The average Bonchev–Trinajstić information content (AvgIpc) is 3.02. The maximum Gasteiger partial charge on any atom is 0.165 e. The lowest BCUT2D eigenvalue weighted by Gasteiger charge is -2.38. The first-order valence-corrected chi connectivity index (χ1v) is 8.91. The third-order valence-corrected chi connectivity index (χ3v) is 6.00. The molecule has 4 aliphatic rings. The fraction of sp³-hybridized carbons (Fsp3) is 0.333. The first kappa shape index (κ1) is 14.4. The van der Waals surface area contributed by atoms with Gasteiger partial charge in [0.25, 0.3) is 0 Å². The Morgan fingerprint density at radius 3 is 3.08 bits per heavy atom. The van der Waals surface area contributed by atoms with Crippen molar-refractivity contribution in [1.82, 2.24) is 0 Å².